The highest BCUT2D eigenvalue weighted by Crippen LogP contribution is 2.29. The molecule has 0 aliphatic heterocycles. The van der Waals surface area contributed by atoms with Crippen molar-refractivity contribution in [2.75, 3.05) is 0 Å². The van der Waals surface area contributed by atoms with Crippen LogP contribution in [0.2, 0.25) is 0 Å². The summed E-state index contributed by atoms with van der Waals surface area (Å²) in [6, 6.07) is 8.25. The van der Waals surface area contributed by atoms with Crippen LogP contribution < -0.4 is 0 Å². The van der Waals surface area contributed by atoms with Crippen molar-refractivity contribution in [3.05, 3.63) is 59.4 Å². The largest absolute Gasteiger partial charge is 0.416 e. The molecule has 2 aromatic rings. The van der Waals surface area contributed by atoms with Crippen LogP contribution in [0.25, 0.3) is 0 Å². The number of ketones is 1. The van der Waals surface area contributed by atoms with Gasteiger partial charge in [0.25, 0.3) is 0 Å². The number of carbonyl (C=O) groups is 1. The lowest BCUT2D eigenvalue weighted by atomic mass is 10.1. The molecule has 0 saturated heterocycles. The van der Waals surface area contributed by atoms with Gasteiger partial charge < -0.3 is 4.57 Å². The van der Waals surface area contributed by atoms with E-state index in [1.807, 2.05) is 0 Å². The minimum Gasteiger partial charge on any atom is -0.333 e. The van der Waals surface area contributed by atoms with Crippen LogP contribution in [0.4, 0.5) is 13.2 Å². The normalized spacial score (nSPS) is 10.9. The number of aromatic nitrogens is 1. The molecular formula is C16H12F3NO. The lowest BCUT2D eigenvalue weighted by Crippen LogP contribution is -2.05. The van der Waals surface area contributed by atoms with E-state index in [0.717, 1.165) is 12.1 Å². The van der Waals surface area contributed by atoms with Gasteiger partial charge in [-0.15, -0.1) is 0 Å². The molecule has 0 amide bonds. The molecule has 2 nitrogen and oxygen atoms in total. The van der Waals surface area contributed by atoms with Gasteiger partial charge in [0.05, 0.1) is 17.8 Å². The summed E-state index contributed by atoms with van der Waals surface area (Å²) in [5, 5.41) is 0. The molecule has 21 heavy (non-hydrogen) atoms. The summed E-state index contributed by atoms with van der Waals surface area (Å²) in [6.45, 7) is 1.70. The van der Waals surface area contributed by atoms with Crippen LogP contribution in [0.5, 0.6) is 0 Å². The van der Waals surface area contributed by atoms with E-state index in [-0.39, 0.29) is 12.3 Å². The summed E-state index contributed by atoms with van der Waals surface area (Å²) in [4.78, 5) is 11.3. The number of hydrogen-bond donors (Lipinski definition) is 0. The first kappa shape index (κ1) is 14.9. The van der Waals surface area contributed by atoms with Crippen molar-refractivity contribution in [1.29, 1.82) is 0 Å². The summed E-state index contributed by atoms with van der Waals surface area (Å²) in [5.41, 5.74) is 0.0920. The van der Waals surface area contributed by atoms with Gasteiger partial charge in [-0.3, -0.25) is 4.79 Å². The third-order valence-electron chi connectivity index (χ3n) is 2.86. The van der Waals surface area contributed by atoms with Crippen LogP contribution in [-0.4, -0.2) is 10.4 Å². The van der Waals surface area contributed by atoms with Gasteiger partial charge >= 0.3 is 6.18 Å². The molecule has 0 unspecified atom stereocenters. The fourth-order valence-electron chi connectivity index (χ4n) is 1.87. The lowest BCUT2D eigenvalue weighted by molar-refractivity contribution is -0.137. The predicted octanol–water partition coefficient (Wildman–Crippen LogP) is 3.76. The Morgan fingerprint density at radius 1 is 1.24 bits per heavy atom. The Morgan fingerprint density at radius 2 is 2.00 bits per heavy atom. The second kappa shape index (κ2) is 5.88. The van der Waals surface area contributed by atoms with Crippen molar-refractivity contribution in [3.63, 3.8) is 0 Å². The van der Waals surface area contributed by atoms with Crippen molar-refractivity contribution in [2.45, 2.75) is 19.6 Å². The van der Waals surface area contributed by atoms with Crippen LogP contribution in [-0.2, 0) is 12.7 Å². The molecule has 0 aliphatic carbocycles. The molecule has 0 N–H and O–H groups in total. The predicted molar refractivity (Wildman–Crippen MR) is 72.8 cm³/mol. The highest BCUT2D eigenvalue weighted by Gasteiger charge is 2.30. The maximum atomic E-state index is 12.6. The Morgan fingerprint density at radius 3 is 2.67 bits per heavy atom. The zero-order chi connectivity index (χ0) is 15.5. The molecule has 0 spiro atoms. The van der Waals surface area contributed by atoms with Crippen LogP contribution in [0, 0.1) is 11.8 Å². The smallest absolute Gasteiger partial charge is 0.333 e. The molecular weight excluding hydrogens is 279 g/mol. The minimum atomic E-state index is -4.38. The molecule has 0 saturated carbocycles. The van der Waals surface area contributed by atoms with Gasteiger partial charge in [-0.1, -0.05) is 17.9 Å². The van der Waals surface area contributed by atoms with Crippen LogP contribution in [0.3, 0.4) is 0 Å². The number of halogens is 3. The van der Waals surface area contributed by atoms with Gasteiger partial charge in [0.2, 0.25) is 0 Å². The van der Waals surface area contributed by atoms with Gasteiger partial charge in [-0.2, -0.15) is 13.2 Å². The molecule has 5 heteroatoms. The Bertz CT molecular complexity index is 717. The number of alkyl halides is 3. The Labute approximate surface area is 120 Å². The van der Waals surface area contributed by atoms with E-state index in [1.165, 1.54) is 19.1 Å². The first-order valence-electron chi connectivity index (χ1n) is 6.20. The average Bonchev–Trinajstić information content (AvgIpc) is 2.87. The molecule has 0 aliphatic rings. The number of rotatable bonds is 2. The van der Waals surface area contributed by atoms with E-state index < -0.39 is 11.7 Å². The third-order valence-corrected chi connectivity index (χ3v) is 2.86. The summed E-state index contributed by atoms with van der Waals surface area (Å²) in [7, 11) is 0. The van der Waals surface area contributed by atoms with Gasteiger partial charge in [-0.25, -0.2) is 0 Å². The zero-order valence-corrected chi connectivity index (χ0v) is 11.2. The summed E-state index contributed by atoms with van der Waals surface area (Å²) >= 11 is 0. The van der Waals surface area contributed by atoms with Crippen molar-refractivity contribution in [2.24, 2.45) is 0 Å². The quantitative estimate of drug-likeness (QED) is 0.610. The minimum absolute atomic E-state index is 0.0825. The number of carbonyl (C=O) groups excluding carboxylic acids is 1. The molecule has 0 fully saturated rings. The van der Waals surface area contributed by atoms with Crippen molar-refractivity contribution in [1.82, 2.24) is 4.57 Å². The second-order valence-corrected chi connectivity index (χ2v) is 4.46. The SMILES string of the molecule is CC(=O)c1cccn1CC#Cc1cccc(C(F)(F)F)c1. The van der Waals surface area contributed by atoms with E-state index >= 15 is 0 Å². The number of hydrogen-bond acceptors (Lipinski definition) is 1. The highest BCUT2D eigenvalue weighted by atomic mass is 19.4. The number of benzene rings is 1. The van der Waals surface area contributed by atoms with Crippen LogP contribution in [0.1, 0.15) is 28.5 Å². The summed E-state index contributed by atoms with van der Waals surface area (Å²) in [6.07, 6.45) is -2.67. The van der Waals surface area contributed by atoms with Gasteiger partial charge in [0.15, 0.2) is 5.78 Å². The Kier molecular flexibility index (Phi) is 4.18. The first-order valence-corrected chi connectivity index (χ1v) is 6.20. The maximum Gasteiger partial charge on any atom is 0.416 e. The summed E-state index contributed by atoms with van der Waals surface area (Å²) in [5.74, 6) is 5.37. The zero-order valence-electron chi connectivity index (χ0n) is 11.2. The lowest BCUT2D eigenvalue weighted by Gasteiger charge is -2.05. The molecule has 108 valence electrons. The van der Waals surface area contributed by atoms with Crippen molar-refractivity contribution < 1.29 is 18.0 Å². The van der Waals surface area contributed by atoms with Crippen LogP contribution >= 0.6 is 0 Å². The van der Waals surface area contributed by atoms with E-state index in [0.29, 0.717) is 11.3 Å². The van der Waals surface area contributed by atoms with Crippen molar-refractivity contribution in [3.8, 4) is 11.8 Å². The topological polar surface area (TPSA) is 22.0 Å². The molecule has 1 heterocycles. The Hall–Kier alpha value is -2.48. The molecule has 0 bridgehead atoms. The van der Waals surface area contributed by atoms with Gasteiger partial charge in [0.1, 0.15) is 0 Å². The summed E-state index contributed by atoms with van der Waals surface area (Å²) < 4.78 is 39.4. The fourth-order valence-corrected chi connectivity index (χ4v) is 1.87. The standard InChI is InChI=1S/C16H12F3NO/c1-12(21)15-8-4-10-20(15)9-3-6-13-5-2-7-14(11-13)16(17,18)19/h2,4-5,7-8,10-11H,9H2,1H3. The van der Waals surface area contributed by atoms with Crippen molar-refractivity contribution >= 4 is 5.78 Å². The second-order valence-electron chi connectivity index (χ2n) is 4.46. The average molecular weight is 291 g/mol. The van der Waals surface area contributed by atoms with Crippen LogP contribution in [0.15, 0.2) is 42.6 Å². The van der Waals surface area contributed by atoms with Gasteiger partial charge in [-0.05, 0) is 30.3 Å². The number of Topliss-reactive ketones (excluding diaryl/α,β-unsaturated/α-hetero) is 1. The highest BCUT2D eigenvalue weighted by molar-refractivity contribution is 5.92. The van der Waals surface area contributed by atoms with E-state index in [9.17, 15) is 18.0 Å². The van der Waals surface area contributed by atoms with Gasteiger partial charge in [0, 0.05) is 18.7 Å². The van der Waals surface area contributed by atoms with E-state index in [4.69, 9.17) is 0 Å². The molecule has 1 aromatic carbocycles. The molecule has 1 aromatic heterocycles. The Balaban J connectivity index is 2.17. The molecule has 0 radical (unpaired) electrons. The maximum absolute atomic E-state index is 12.6. The number of nitrogens with zero attached hydrogens (tertiary/aromatic N) is 1. The van der Waals surface area contributed by atoms with E-state index in [2.05, 4.69) is 11.8 Å². The van der Waals surface area contributed by atoms with E-state index in [1.54, 1.807) is 22.9 Å². The first-order chi connectivity index (χ1) is 9.88. The fraction of sp³-hybridized carbons (Fsp3) is 0.188. The molecule has 2 rings (SSSR count). The third kappa shape index (κ3) is 3.76. The molecule has 0 atom stereocenters. The monoisotopic (exact) mass is 291 g/mol.